The number of methoxy groups -OCH3 is 1. The standard InChI is InChI=1S/C36H40N4O6Si/c1-22-33(47(3,4)27-14-12-26(45-2)13-15-27)31(19-32(42)39-17-7-9-25(39)21-41)46-36(22)29-18-24(11-16-30(29)38-35(36)44)40-34(43)28-10-6-5-8-23(28)20-37-40/h5-6,8,10-16,18,20,22,25,31,33,41H,7,9,17,19,21H2,1-4H3,(H,38,44)/t22-,25+,31+,33-,36+/m1/s1. The molecule has 11 heteroatoms. The fourth-order valence-corrected chi connectivity index (χ4v) is 12.4. The van der Waals surface area contributed by atoms with Crippen LogP contribution in [-0.4, -0.2) is 72.1 Å². The Kier molecular flexibility index (Phi) is 7.81. The molecule has 4 heterocycles. The van der Waals surface area contributed by atoms with Crippen molar-refractivity contribution < 1.29 is 24.2 Å². The Morgan fingerprint density at radius 1 is 1.13 bits per heavy atom. The molecular weight excluding hydrogens is 613 g/mol. The van der Waals surface area contributed by atoms with Crippen molar-refractivity contribution in [3.05, 3.63) is 88.8 Å². The van der Waals surface area contributed by atoms with Gasteiger partial charge in [0, 0.05) is 29.1 Å². The Balaban J connectivity index is 1.33. The highest BCUT2D eigenvalue weighted by atomic mass is 28.3. The van der Waals surface area contributed by atoms with Gasteiger partial charge < -0.3 is 24.8 Å². The number of benzene rings is 3. The quantitative estimate of drug-likeness (QED) is 0.290. The number of rotatable bonds is 7. The van der Waals surface area contributed by atoms with Gasteiger partial charge >= 0.3 is 0 Å². The molecule has 7 rings (SSSR count). The third-order valence-electron chi connectivity index (χ3n) is 10.8. The summed E-state index contributed by atoms with van der Waals surface area (Å²) in [6.45, 7) is 7.12. The van der Waals surface area contributed by atoms with Gasteiger partial charge in [0.1, 0.15) is 5.75 Å². The number of aromatic nitrogens is 2. The molecule has 0 radical (unpaired) electrons. The normalized spacial score (nSPS) is 25.4. The predicted octanol–water partition coefficient (Wildman–Crippen LogP) is 3.94. The summed E-state index contributed by atoms with van der Waals surface area (Å²) in [5, 5.41) is 19.9. The van der Waals surface area contributed by atoms with E-state index in [0.717, 1.165) is 24.0 Å². The number of carbonyl (C=O) groups is 2. The van der Waals surface area contributed by atoms with Gasteiger partial charge in [-0.2, -0.15) is 9.78 Å². The zero-order valence-corrected chi connectivity index (χ0v) is 28.1. The van der Waals surface area contributed by atoms with Crippen molar-refractivity contribution >= 4 is 41.5 Å². The maximum atomic E-state index is 14.2. The highest BCUT2D eigenvalue weighted by Gasteiger charge is 2.65. The van der Waals surface area contributed by atoms with E-state index in [4.69, 9.17) is 9.47 Å². The van der Waals surface area contributed by atoms with Crippen LogP contribution in [0.2, 0.25) is 18.6 Å². The fourth-order valence-electron chi connectivity index (χ4n) is 8.37. The van der Waals surface area contributed by atoms with Crippen LogP contribution in [0.5, 0.6) is 5.75 Å². The van der Waals surface area contributed by atoms with Gasteiger partial charge in [-0.15, -0.1) is 0 Å². The first-order chi connectivity index (χ1) is 22.6. The number of nitrogens with zero attached hydrogens (tertiary/aromatic N) is 3. The summed E-state index contributed by atoms with van der Waals surface area (Å²) < 4.78 is 13.8. The van der Waals surface area contributed by atoms with Crippen LogP contribution in [0.15, 0.2) is 77.7 Å². The molecule has 2 N–H and O–H groups in total. The summed E-state index contributed by atoms with van der Waals surface area (Å²) in [6.07, 6.45) is 2.83. The number of nitrogens with one attached hydrogen (secondary N) is 1. The van der Waals surface area contributed by atoms with Crippen LogP contribution < -0.4 is 20.8 Å². The second kappa shape index (κ2) is 11.7. The second-order valence-electron chi connectivity index (χ2n) is 13.6. The summed E-state index contributed by atoms with van der Waals surface area (Å²) in [5.74, 6) is 0.106. The Labute approximate surface area is 274 Å². The van der Waals surface area contributed by atoms with Crippen LogP contribution in [-0.2, 0) is 19.9 Å². The molecule has 0 aliphatic carbocycles. The maximum Gasteiger partial charge on any atom is 0.279 e. The maximum absolute atomic E-state index is 14.2. The van der Waals surface area contributed by atoms with E-state index in [0.29, 0.717) is 28.9 Å². The molecule has 4 aromatic rings. The molecule has 2 fully saturated rings. The molecule has 5 atom stereocenters. The zero-order chi connectivity index (χ0) is 33.1. The number of ether oxygens (including phenoxy) is 2. The number of carbonyl (C=O) groups excluding carboxylic acids is 2. The molecule has 3 aromatic carbocycles. The van der Waals surface area contributed by atoms with Crippen LogP contribution in [0, 0.1) is 5.92 Å². The number of anilines is 1. The minimum Gasteiger partial charge on any atom is -0.497 e. The van der Waals surface area contributed by atoms with Crippen molar-refractivity contribution in [1.82, 2.24) is 14.7 Å². The lowest BCUT2D eigenvalue weighted by Gasteiger charge is -2.37. The molecule has 1 spiro atoms. The first-order valence-corrected chi connectivity index (χ1v) is 19.3. The molecular formula is C36H40N4O6Si. The Hall–Kier alpha value is -4.32. The van der Waals surface area contributed by atoms with E-state index in [9.17, 15) is 19.5 Å². The van der Waals surface area contributed by atoms with Crippen molar-refractivity contribution in [2.24, 2.45) is 5.92 Å². The average Bonchev–Trinajstić information content (AvgIpc) is 3.76. The van der Waals surface area contributed by atoms with Crippen molar-refractivity contribution in [1.29, 1.82) is 0 Å². The van der Waals surface area contributed by atoms with E-state index in [1.807, 2.05) is 36.4 Å². The smallest absolute Gasteiger partial charge is 0.279 e. The SMILES string of the molecule is COc1ccc([Si](C)(C)[C@H]2[C@H](CC(=O)N3CCC[C@H]3CO)O[C@@]3(C(=O)Nc4ccc(-n5ncc6ccccc6c5=O)cc43)[C@@H]2C)cc1. The van der Waals surface area contributed by atoms with E-state index in [2.05, 4.69) is 42.6 Å². The summed E-state index contributed by atoms with van der Waals surface area (Å²) >= 11 is 0. The van der Waals surface area contributed by atoms with E-state index in [1.165, 1.54) is 9.87 Å². The lowest BCUT2D eigenvalue weighted by molar-refractivity contribution is -0.148. The van der Waals surface area contributed by atoms with Crippen LogP contribution in [0.3, 0.4) is 0 Å². The zero-order valence-electron chi connectivity index (χ0n) is 27.1. The fraction of sp³-hybridized carbons (Fsp3) is 0.389. The van der Waals surface area contributed by atoms with Crippen LogP contribution in [0.1, 0.15) is 31.7 Å². The number of hydrogen-bond acceptors (Lipinski definition) is 7. The van der Waals surface area contributed by atoms with Crippen molar-refractivity contribution in [2.45, 2.75) is 62.6 Å². The number of hydrogen-bond donors (Lipinski definition) is 2. The number of fused-ring (bicyclic) bond motifs is 3. The number of likely N-dealkylation sites (tertiary alicyclic amines) is 1. The molecule has 0 saturated carbocycles. The summed E-state index contributed by atoms with van der Waals surface area (Å²) in [6, 6.07) is 20.6. The van der Waals surface area contributed by atoms with Gasteiger partial charge in [-0.05, 0) is 54.8 Å². The van der Waals surface area contributed by atoms with Crippen LogP contribution in [0.25, 0.3) is 16.5 Å². The summed E-state index contributed by atoms with van der Waals surface area (Å²) in [4.78, 5) is 43.4. The summed E-state index contributed by atoms with van der Waals surface area (Å²) in [7, 11) is -0.811. The topological polar surface area (TPSA) is 123 Å². The second-order valence-corrected chi connectivity index (χ2v) is 18.2. The molecule has 10 nitrogen and oxygen atoms in total. The minimum atomic E-state index is -2.45. The molecule has 0 bridgehead atoms. The molecule has 1 aromatic heterocycles. The van der Waals surface area contributed by atoms with Gasteiger partial charge in [0.05, 0.1) is 57.6 Å². The van der Waals surface area contributed by atoms with Crippen molar-refractivity contribution in [2.75, 3.05) is 25.6 Å². The van der Waals surface area contributed by atoms with Crippen LogP contribution >= 0.6 is 0 Å². The Morgan fingerprint density at radius 3 is 2.64 bits per heavy atom. The highest BCUT2D eigenvalue weighted by Crippen LogP contribution is 2.58. The van der Waals surface area contributed by atoms with Gasteiger partial charge in [-0.3, -0.25) is 14.4 Å². The van der Waals surface area contributed by atoms with Gasteiger partial charge in [-0.1, -0.05) is 55.5 Å². The van der Waals surface area contributed by atoms with E-state index >= 15 is 0 Å². The number of aliphatic hydroxyl groups excluding tert-OH is 1. The molecule has 3 aliphatic heterocycles. The number of aliphatic hydroxyl groups is 1. The van der Waals surface area contributed by atoms with Crippen molar-refractivity contribution in [3.8, 4) is 11.4 Å². The molecule has 3 aliphatic rings. The Morgan fingerprint density at radius 2 is 1.89 bits per heavy atom. The van der Waals surface area contributed by atoms with Gasteiger partial charge in [0.15, 0.2) is 5.60 Å². The average molecular weight is 653 g/mol. The van der Waals surface area contributed by atoms with E-state index in [-0.39, 0.29) is 47.9 Å². The first-order valence-electron chi connectivity index (χ1n) is 16.3. The van der Waals surface area contributed by atoms with Crippen molar-refractivity contribution in [3.63, 3.8) is 0 Å². The minimum absolute atomic E-state index is 0.0698. The molecule has 2 amide bonds. The lowest BCUT2D eigenvalue weighted by Crippen LogP contribution is -2.52. The largest absolute Gasteiger partial charge is 0.497 e. The number of amides is 2. The summed E-state index contributed by atoms with van der Waals surface area (Å²) in [5.41, 5.74) is 0.0265. The lowest BCUT2D eigenvalue weighted by atomic mass is 9.82. The Bertz CT molecular complexity index is 1930. The third kappa shape index (κ3) is 4.90. The van der Waals surface area contributed by atoms with Gasteiger partial charge in [0.25, 0.3) is 11.5 Å². The van der Waals surface area contributed by atoms with Gasteiger partial charge in [0.2, 0.25) is 5.91 Å². The molecule has 0 unspecified atom stereocenters. The first kappa shape index (κ1) is 31.3. The third-order valence-corrected chi connectivity index (χ3v) is 15.2. The molecule has 244 valence electrons. The van der Waals surface area contributed by atoms with Crippen LogP contribution in [0.4, 0.5) is 5.69 Å². The predicted molar refractivity (Wildman–Crippen MR) is 182 cm³/mol. The molecule has 2 saturated heterocycles. The highest BCUT2D eigenvalue weighted by molar-refractivity contribution is 6.91. The van der Waals surface area contributed by atoms with E-state index in [1.54, 1.807) is 36.4 Å². The molecule has 47 heavy (non-hydrogen) atoms. The van der Waals surface area contributed by atoms with E-state index < -0.39 is 19.8 Å². The monoisotopic (exact) mass is 652 g/mol. The van der Waals surface area contributed by atoms with Gasteiger partial charge in [-0.25, -0.2) is 0 Å².